The molecule has 1 aromatic heterocycles. The van der Waals surface area contributed by atoms with Gasteiger partial charge in [-0.25, -0.2) is 4.68 Å². The lowest BCUT2D eigenvalue weighted by molar-refractivity contribution is 0.480. The maximum atomic E-state index is 5.89. The van der Waals surface area contributed by atoms with Crippen LogP contribution < -0.4 is 10.6 Å². The van der Waals surface area contributed by atoms with Crippen LogP contribution in [-0.4, -0.2) is 27.9 Å². The molecule has 2 heterocycles. The summed E-state index contributed by atoms with van der Waals surface area (Å²) in [4.78, 5) is 6.59. The highest BCUT2D eigenvalue weighted by molar-refractivity contribution is 5.35. The smallest absolute Gasteiger partial charge is 0.246 e. The van der Waals surface area contributed by atoms with E-state index in [4.69, 9.17) is 5.73 Å². The van der Waals surface area contributed by atoms with Crippen LogP contribution >= 0.6 is 0 Å². The lowest BCUT2D eigenvalue weighted by atomic mass is 10.1. The summed E-state index contributed by atoms with van der Waals surface area (Å²) in [6, 6.07) is 0.325. The fourth-order valence-electron chi connectivity index (χ4n) is 2.05. The van der Waals surface area contributed by atoms with Crippen molar-refractivity contribution in [1.29, 1.82) is 0 Å². The second kappa shape index (κ2) is 4.72. The van der Waals surface area contributed by atoms with Crippen molar-refractivity contribution in [2.45, 2.75) is 45.6 Å². The summed E-state index contributed by atoms with van der Waals surface area (Å²) in [6.07, 6.45) is 4.81. The van der Waals surface area contributed by atoms with Crippen molar-refractivity contribution in [1.82, 2.24) is 14.8 Å². The molecule has 0 amide bonds. The molecule has 1 unspecified atom stereocenters. The van der Waals surface area contributed by atoms with E-state index in [0.29, 0.717) is 12.0 Å². The van der Waals surface area contributed by atoms with E-state index in [0.717, 1.165) is 25.5 Å². The SMILES string of the molecule is CCC(C)n1nc(N2CCCCC2)nc1N. The molecule has 90 valence electrons. The third-order valence-electron chi connectivity index (χ3n) is 3.29. The summed E-state index contributed by atoms with van der Waals surface area (Å²) >= 11 is 0. The van der Waals surface area contributed by atoms with Gasteiger partial charge in [0.05, 0.1) is 6.04 Å². The van der Waals surface area contributed by atoms with Gasteiger partial charge in [-0.05, 0) is 32.6 Å². The molecule has 0 bridgehead atoms. The van der Waals surface area contributed by atoms with Crippen LogP contribution in [0.15, 0.2) is 0 Å². The molecule has 1 atom stereocenters. The fraction of sp³-hybridized carbons (Fsp3) is 0.818. The van der Waals surface area contributed by atoms with Gasteiger partial charge >= 0.3 is 0 Å². The Hall–Kier alpha value is -1.26. The van der Waals surface area contributed by atoms with E-state index >= 15 is 0 Å². The minimum absolute atomic E-state index is 0.325. The molecule has 1 saturated heterocycles. The summed E-state index contributed by atoms with van der Waals surface area (Å²) in [5.74, 6) is 1.34. The highest BCUT2D eigenvalue weighted by atomic mass is 15.5. The van der Waals surface area contributed by atoms with Crippen molar-refractivity contribution < 1.29 is 0 Å². The van der Waals surface area contributed by atoms with Gasteiger partial charge in [0.25, 0.3) is 0 Å². The third kappa shape index (κ3) is 2.13. The molecular weight excluding hydrogens is 202 g/mol. The first-order chi connectivity index (χ1) is 7.72. The molecule has 1 aromatic rings. The molecule has 2 N–H and O–H groups in total. The van der Waals surface area contributed by atoms with Crippen LogP contribution in [0.25, 0.3) is 0 Å². The summed E-state index contributed by atoms with van der Waals surface area (Å²) in [7, 11) is 0. The van der Waals surface area contributed by atoms with E-state index in [-0.39, 0.29) is 0 Å². The number of nitrogens with two attached hydrogens (primary N) is 1. The molecule has 1 aliphatic heterocycles. The second-order valence-corrected chi connectivity index (χ2v) is 4.52. The first-order valence-electron chi connectivity index (χ1n) is 6.19. The van der Waals surface area contributed by atoms with Crippen LogP contribution in [0.3, 0.4) is 0 Å². The third-order valence-corrected chi connectivity index (χ3v) is 3.29. The summed E-state index contributed by atoms with van der Waals surface area (Å²) in [6.45, 7) is 6.37. The van der Waals surface area contributed by atoms with Crippen molar-refractivity contribution in [3.8, 4) is 0 Å². The predicted molar refractivity (Wildman–Crippen MR) is 65.5 cm³/mol. The number of anilines is 2. The van der Waals surface area contributed by atoms with Crippen LogP contribution in [-0.2, 0) is 0 Å². The van der Waals surface area contributed by atoms with E-state index < -0.39 is 0 Å². The van der Waals surface area contributed by atoms with Crippen LogP contribution in [0.4, 0.5) is 11.9 Å². The number of hydrogen-bond donors (Lipinski definition) is 1. The molecule has 0 radical (unpaired) electrons. The Labute approximate surface area is 96.6 Å². The Morgan fingerprint density at radius 2 is 2.00 bits per heavy atom. The zero-order chi connectivity index (χ0) is 11.5. The first kappa shape index (κ1) is 11.2. The summed E-state index contributed by atoms with van der Waals surface area (Å²) < 4.78 is 1.84. The van der Waals surface area contributed by atoms with Gasteiger partial charge in [-0.1, -0.05) is 6.92 Å². The predicted octanol–water partition coefficient (Wildman–Crippen LogP) is 1.82. The topological polar surface area (TPSA) is 60.0 Å². The molecule has 0 aliphatic carbocycles. The minimum atomic E-state index is 0.325. The molecule has 0 aromatic carbocycles. The zero-order valence-corrected chi connectivity index (χ0v) is 10.2. The van der Waals surface area contributed by atoms with Gasteiger partial charge in [0.1, 0.15) is 0 Å². The van der Waals surface area contributed by atoms with Crippen molar-refractivity contribution in [3.05, 3.63) is 0 Å². The van der Waals surface area contributed by atoms with E-state index in [1.54, 1.807) is 0 Å². The second-order valence-electron chi connectivity index (χ2n) is 4.52. The van der Waals surface area contributed by atoms with Crippen LogP contribution in [0.5, 0.6) is 0 Å². The monoisotopic (exact) mass is 223 g/mol. The van der Waals surface area contributed by atoms with E-state index in [1.807, 2.05) is 4.68 Å². The number of rotatable bonds is 3. The van der Waals surface area contributed by atoms with Crippen LogP contribution in [0.2, 0.25) is 0 Å². The maximum Gasteiger partial charge on any atom is 0.246 e. The highest BCUT2D eigenvalue weighted by Crippen LogP contribution is 2.20. The van der Waals surface area contributed by atoms with E-state index in [9.17, 15) is 0 Å². The van der Waals surface area contributed by atoms with Gasteiger partial charge in [0, 0.05) is 13.1 Å². The maximum absolute atomic E-state index is 5.89. The largest absolute Gasteiger partial charge is 0.368 e. The molecule has 5 heteroatoms. The molecule has 5 nitrogen and oxygen atoms in total. The lowest BCUT2D eigenvalue weighted by Gasteiger charge is -2.25. The molecule has 1 fully saturated rings. The van der Waals surface area contributed by atoms with Crippen LogP contribution in [0.1, 0.15) is 45.6 Å². The molecule has 0 saturated carbocycles. The standard InChI is InChI=1S/C11H21N5/c1-3-9(2)16-10(12)13-11(14-16)15-7-5-4-6-8-15/h9H,3-8H2,1-2H3,(H2,12,13,14). The van der Waals surface area contributed by atoms with E-state index in [2.05, 4.69) is 28.8 Å². The van der Waals surface area contributed by atoms with Gasteiger partial charge in [-0.3, -0.25) is 0 Å². The number of hydrogen-bond acceptors (Lipinski definition) is 4. The van der Waals surface area contributed by atoms with Crippen molar-refractivity contribution >= 4 is 11.9 Å². The molecule has 1 aliphatic rings. The summed E-state index contributed by atoms with van der Waals surface area (Å²) in [5.41, 5.74) is 5.89. The van der Waals surface area contributed by atoms with Crippen molar-refractivity contribution in [2.75, 3.05) is 23.7 Å². The summed E-state index contributed by atoms with van der Waals surface area (Å²) in [5, 5.41) is 4.51. The van der Waals surface area contributed by atoms with Gasteiger partial charge in [0.2, 0.25) is 11.9 Å². The van der Waals surface area contributed by atoms with Gasteiger partial charge in [-0.2, -0.15) is 4.98 Å². The number of nitrogens with zero attached hydrogens (tertiary/aromatic N) is 4. The number of aromatic nitrogens is 3. The zero-order valence-electron chi connectivity index (χ0n) is 10.2. The van der Waals surface area contributed by atoms with E-state index in [1.165, 1.54) is 19.3 Å². The highest BCUT2D eigenvalue weighted by Gasteiger charge is 2.18. The Morgan fingerprint density at radius 1 is 1.31 bits per heavy atom. The first-order valence-corrected chi connectivity index (χ1v) is 6.19. The Morgan fingerprint density at radius 3 is 2.62 bits per heavy atom. The van der Waals surface area contributed by atoms with Gasteiger partial charge in [0.15, 0.2) is 0 Å². The van der Waals surface area contributed by atoms with Crippen LogP contribution in [0, 0.1) is 0 Å². The fourth-order valence-corrected chi connectivity index (χ4v) is 2.05. The van der Waals surface area contributed by atoms with Crippen molar-refractivity contribution in [2.24, 2.45) is 0 Å². The molecule has 2 rings (SSSR count). The normalized spacial score (nSPS) is 18.8. The quantitative estimate of drug-likeness (QED) is 0.849. The Bertz CT molecular complexity index is 340. The molecule has 16 heavy (non-hydrogen) atoms. The average molecular weight is 223 g/mol. The number of piperidine rings is 1. The number of nitrogen functional groups attached to an aromatic ring is 1. The Balaban J connectivity index is 2.16. The molecular formula is C11H21N5. The van der Waals surface area contributed by atoms with Crippen molar-refractivity contribution in [3.63, 3.8) is 0 Å². The Kier molecular flexibility index (Phi) is 3.31. The minimum Gasteiger partial charge on any atom is -0.368 e. The average Bonchev–Trinajstić information content (AvgIpc) is 2.71. The van der Waals surface area contributed by atoms with Gasteiger partial charge < -0.3 is 10.6 Å². The molecule has 0 spiro atoms. The lowest BCUT2D eigenvalue weighted by Crippen LogP contribution is -2.30. The van der Waals surface area contributed by atoms with Gasteiger partial charge in [-0.15, -0.1) is 5.10 Å².